The maximum Gasteiger partial charge on any atom is 0.251 e. The van der Waals surface area contributed by atoms with Crippen molar-refractivity contribution in [2.45, 2.75) is 33.2 Å². The number of rotatable bonds is 7. The standard InChI is InChI=1S/C15H23N3O3/c1-4-21-13-6-5-11(9-12(13)16)15(20)17-8-7-14(19)18-10(2)3/h5-6,9-10H,4,7-8,16H2,1-3H3,(H,17,20)(H,18,19). The van der Waals surface area contributed by atoms with E-state index in [2.05, 4.69) is 10.6 Å². The molecule has 0 saturated carbocycles. The molecule has 0 spiro atoms. The molecular formula is C15H23N3O3. The van der Waals surface area contributed by atoms with Gasteiger partial charge in [0.25, 0.3) is 5.91 Å². The fourth-order valence-electron chi connectivity index (χ4n) is 1.76. The number of carbonyl (C=O) groups excluding carboxylic acids is 2. The van der Waals surface area contributed by atoms with Crippen LogP contribution < -0.4 is 21.1 Å². The van der Waals surface area contributed by atoms with Crippen molar-refractivity contribution in [3.63, 3.8) is 0 Å². The number of hydrogen-bond donors (Lipinski definition) is 3. The zero-order valence-corrected chi connectivity index (χ0v) is 12.7. The second kappa shape index (κ2) is 8.14. The lowest BCUT2D eigenvalue weighted by Crippen LogP contribution is -2.34. The smallest absolute Gasteiger partial charge is 0.251 e. The predicted molar refractivity (Wildman–Crippen MR) is 82.3 cm³/mol. The second-order valence-corrected chi connectivity index (χ2v) is 4.91. The molecule has 0 aliphatic rings. The molecule has 0 saturated heterocycles. The number of carbonyl (C=O) groups is 2. The molecule has 0 heterocycles. The molecule has 6 nitrogen and oxygen atoms in total. The van der Waals surface area contributed by atoms with E-state index in [0.29, 0.717) is 23.6 Å². The van der Waals surface area contributed by atoms with Gasteiger partial charge in [0, 0.05) is 24.6 Å². The molecule has 0 fully saturated rings. The van der Waals surface area contributed by atoms with Gasteiger partial charge in [0.2, 0.25) is 5.91 Å². The van der Waals surface area contributed by atoms with Gasteiger partial charge in [-0.2, -0.15) is 0 Å². The summed E-state index contributed by atoms with van der Waals surface area (Å²) in [7, 11) is 0. The number of nitrogens with one attached hydrogen (secondary N) is 2. The van der Waals surface area contributed by atoms with Crippen molar-refractivity contribution in [2.75, 3.05) is 18.9 Å². The number of hydrogen-bond acceptors (Lipinski definition) is 4. The van der Waals surface area contributed by atoms with E-state index in [1.54, 1.807) is 18.2 Å². The Balaban J connectivity index is 2.49. The van der Waals surface area contributed by atoms with Crippen LogP contribution in [0.3, 0.4) is 0 Å². The zero-order valence-electron chi connectivity index (χ0n) is 12.7. The van der Waals surface area contributed by atoms with Crippen LogP contribution in [-0.4, -0.2) is 31.0 Å². The maximum absolute atomic E-state index is 11.9. The second-order valence-electron chi connectivity index (χ2n) is 4.91. The van der Waals surface area contributed by atoms with Gasteiger partial charge in [0.15, 0.2) is 0 Å². The summed E-state index contributed by atoms with van der Waals surface area (Å²) in [6, 6.07) is 4.97. The van der Waals surface area contributed by atoms with E-state index >= 15 is 0 Å². The van der Waals surface area contributed by atoms with Crippen LogP contribution >= 0.6 is 0 Å². The van der Waals surface area contributed by atoms with Crippen LogP contribution in [0.15, 0.2) is 18.2 Å². The van der Waals surface area contributed by atoms with Gasteiger partial charge in [-0.3, -0.25) is 9.59 Å². The molecule has 0 radical (unpaired) electrons. The molecule has 1 aromatic carbocycles. The van der Waals surface area contributed by atoms with Crippen LogP contribution in [0, 0.1) is 0 Å². The maximum atomic E-state index is 11.9. The van der Waals surface area contributed by atoms with E-state index in [1.165, 1.54) is 0 Å². The SMILES string of the molecule is CCOc1ccc(C(=O)NCCC(=O)NC(C)C)cc1N. The topological polar surface area (TPSA) is 93.4 Å². The van der Waals surface area contributed by atoms with Crippen molar-refractivity contribution >= 4 is 17.5 Å². The van der Waals surface area contributed by atoms with E-state index in [9.17, 15) is 9.59 Å². The Morgan fingerprint density at radius 2 is 2.05 bits per heavy atom. The largest absolute Gasteiger partial charge is 0.492 e. The molecule has 2 amide bonds. The summed E-state index contributed by atoms with van der Waals surface area (Å²) < 4.78 is 5.31. The van der Waals surface area contributed by atoms with E-state index in [4.69, 9.17) is 10.5 Å². The van der Waals surface area contributed by atoms with Crippen LogP contribution in [0.4, 0.5) is 5.69 Å². The fourth-order valence-corrected chi connectivity index (χ4v) is 1.76. The molecule has 116 valence electrons. The van der Waals surface area contributed by atoms with Gasteiger partial charge in [-0.1, -0.05) is 0 Å². The van der Waals surface area contributed by atoms with Crippen LogP contribution in [0.2, 0.25) is 0 Å². The van der Waals surface area contributed by atoms with Crippen LogP contribution in [0.1, 0.15) is 37.6 Å². The molecular weight excluding hydrogens is 270 g/mol. The quantitative estimate of drug-likeness (QED) is 0.661. The molecule has 1 rings (SSSR count). The first-order chi connectivity index (χ1) is 9.93. The number of ether oxygens (including phenoxy) is 1. The van der Waals surface area contributed by atoms with Crippen molar-refractivity contribution < 1.29 is 14.3 Å². The van der Waals surface area contributed by atoms with Gasteiger partial charge in [-0.05, 0) is 39.0 Å². The van der Waals surface area contributed by atoms with Gasteiger partial charge < -0.3 is 21.1 Å². The Morgan fingerprint density at radius 1 is 1.33 bits per heavy atom. The van der Waals surface area contributed by atoms with Gasteiger partial charge in [-0.15, -0.1) is 0 Å². The molecule has 1 aromatic rings. The summed E-state index contributed by atoms with van der Waals surface area (Å²) in [5.41, 5.74) is 6.67. The first kappa shape index (κ1) is 16.8. The molecule has 4 N–H and O–H groups in total. The van der Waals surface area contributed by atoms with Crippen LogP contribution in [0.5, 0.6) is 5.75 Å². The molecule has 0 bridgehead atoms. The minimum absolute atomic E-state index is 0.0866. The summed E-state index contributed by atoms with van der Waals surface area (Å²) in [6.45, 7) is 6.44. The van der Waals surface area contributed by atoms with Crippen molar-refractivity contribution in [3.05, 3.63) is 23.8 Å². The Labute approximate surface area is 125 Å². The third-order valence-electron chi connectivity index (χ3n) is 2.66. The van der Waals surface area contributed by atoms with Crippen molar-refractivity contribution in [3.8, 4) is 5.75 Å². The summed E-state index contributed by atoms with van der Waals surface area (Å²) >= 11 is 0. The van der Waals surface area contributed by atoms with Crippen molar-refractivity contribution in [2.24, 2.45) is 0 Å². The fraction of sp³-hybridized carbons (Fsp3) is 0.467. The van der Waals surface area contributed by atoms with Crippen LogP contribution in [-0.2, 0) is 4.79 Å². The minimum Gasteiger partial charge on any atom is -0.492 e. The molecule has 0 atom stereocenters. The lowest BCUT2D eigenvalue weighted by atomic mass is 10.1. The third-order valence-corrected chi connectivity index (χ3v) is 2.66. The van der Waals surface area contributed by atoms with E-state index in [0.717, 1.165) is 0 Å². The zero-order chi connectivity index (χ0) is 15.8. The Morgan fingerprint density at radius 3 is 2.62 bits per heavy atom. The van der Waals surface area contributed by atoms with Gasteiger partial charge in [0.1, 0.15) is 5.75 Å². The first-order valence-corrected chi connectivity index (χ1v) is 7.04. The lowest BCUT2D eigenvalue weighted by molar-refractivity contribution is -0.121. The number of nitrogen functional groups attached to an aromatic ring is 1. The van der Waals surface area contributed by atoms with E-state index in [1.807, 2.05) is 20.8 Å². The minimum atomic E-state index is -0.262. The molecule has 0 aliphatic heterocycles. The van der Waals surface area contributed by atoms with Crippen LogP contribution in [0.25, 0.3) is 0 Å². The highest BCUT2D eigenvalue weighted by Crippen LogP contribution is 2.22. The van der Waals surface area contributed by atoms with Crippen molar-refractivity contribution in [1.29, 1.82) is 0 Å². The lowest BCUT2D eigenvalue weighted by Gasteiger charge is -2.10. The number of benzene rings is 1. The molecule has 0 aliphatic carbocycles. The Kier molecular flexibility index (Phi) is 6.52. The highest BCUT2D eigenvalue weighted by atomic mass is 16.5. The van der Waals surface area contributed by atoms with Gasteiger partial charge >= 0.3 is 0 Å². The normalized spacial score (nSPS) is 10.3. The number of nitrogens with two attached hydrogens (primary N) is 1. The number of anilines is 1. The molecule has 0 unspecified atom stereocenters. The molecule has 0 aromatic heterocycles. The van der Waals surface area contributed by atoms with E-state index in [-0.39, 0.29) is 30.8 Å². The Hall–Kier alpha value is -2.24. The molecule has 21 heavy (non-hydrogen) atoms. The van der Waals surface area contributed by atoms with Gasteiger partial charge in [0.05, 0.1) is 12.3 Å². The predicted octanol–water partition coefficient (Wildman–Crippen LogP) is 1.31. The van der Waals surface area contributed by atoms with Crippen molar-refractivity contribution in [1.82, 2.24) is 10.6 Å². The highest BCUT2D eigenvalue weighted by molar-refractivity contribution is 5.95. The Bertz CT molecular complexity index is 501. The number of amides is 2. The third kappa shape index (κ3) is 5.72. The van der Waals surface area contributed by atoms with E-state index < -0.39 is 0 Å². The summed E-state index contributed by atoms with van der Waals surface area (Å²) in [6.07, 6.45) is 0.246. The first-order valence-electron chi connectivity index (χ1n) is 7.04. The average Bonchev–Trinajstić information content (AvgIpc) is 2.40. The summed E-state index contributed by atoms with van der Waals surface area (Å²) in [5.74, 6) is 0.212. The average molecular weight is 293 g/mol. The van der Waals surface area contributed by atoms with Gasteiger partial charge in [-0.25, -0.2) is 0 Å². The summed E-state index contributed by atoms with van der Waals surface area (Å²) in [5, 5.41) is 5.45. The summed E-state index contributed by atoms with van der Waals surface area (Å²) in [4.78, 5) is 23.4. The highest BCUT2D eigenvalue weighted by Gasteiger charge is 2.09. The molecule has 6 heteroatoms. The monoisotopic (exact) mass is 293 g/mol.